The molecule has 16 nitrogen and oxygen atoms in total. The average molecular weight is 663 g/mol. The zero-order valence-corrected chi connectivity index (χ0v) is 26.4. The molecule has 2 aliphatic rings. The third-order valence-corrected chi connectivity index (χ3v) is 7.33. The summed E-state index contributed by atoms with van der Waals surface area (Å²) in [5.41, 5.74) is 0.0345. The van der Waals surface area contributed by atoms with Gasteiger partial charge in [-0.3, -0.25) is 43.8 Å². The summed E-state index contributed by atoms with van der Waals surface area (Å²) >= 11 is 0. The van der Waals surface area contributed by atoms with Crippen molar-refractivity contribution in [3.05, 3.63) is 29.3 Å². The van der Waals surface area contributed by atoms with E-state index in [1.807, 2.05) is 0 Å². The van der Waals surface area contributed by atoms with Crippen molar-refractivity contribution in [1.82, 2.24) is 20.9 Å². The first kappa shape index (κ1) is 37.1. The number of hydrogen-bond donors (Lipinski definition) is 4. The number of fused-ring (bicyclic) bond motifs is 1. The lowest BCUT2D eigenvalue weighted by molar-refractivity contribution is -0.141. The molecule has 1 fully saturated rings. The summed E-state index contributed by atoms with van der Waals surface area (Å²) in [5.74, 6) is -4.58. The van der Waals surface area contributed by atoms with Gasteiger partial charge in [0.15, 0.2) is 6.61 Å². The summed E-state index contributed by atoms with van der Waals surface area (Å²) in [7, 11) is 0. The van der Waals surface area contributed by atoms with E-state index in [0.29, 0.717) is 72.0 Å². The predicted molar refractivity (Wildman–Crippen MR) is 162 cm³/mol. The Bertz CT molecular complexity index is 1300. The number of amides is 6. The van der Waals surface area contributed by atoms with E-state index in [0.717, 1.165) is 4.90 Å². The van der Waals surface area contributed by atoms with Crippen molar-refractivity contribution in [2.75, 3.05) is 59.3 Å². The molecule has 16 heteroatoms. The molecule has 2 aliphatic heterocycles. The van der Waals surface area contributed by atoms with Gasteiger partial charge in [0.2, 0.25) is 17.7 Å². The fourth-order valence-corrected chi connectivity index (χ4v) is 4.70. The number of carboxylic acid groups (broad SMARTS) is 1. The van der Waals surface area contributed by atoms with Crippen LogP contribution in [0.4, 0.5) is 0 Å². The molecule has 2 unspecified atom stereocenters. The number of carbonyl (C=O) groups is 7. The van der Waals surface area contributed by atoms with Crippen molar-refractivity contribution >= 4 is 41.4 Å². The third kappa shape index (κ3) is 11.7. The number of ether oxygens (including phenoxy) is 4. The van der Waals surface area contributed by atoms with Gasteiger partial charge in [-0.05, 0) is 37.8 Å². The van der Waals surface area contributed by atoms with E-state index in [4.69, 9.17) is 24.1 Å². The van der Waals surface area contributed by atoms with Crippen molar-refractivity contribution in [3.63, 3.8) is 0 Å². The van der Waals surface area contributed by atoms with Crippen LogP contribution in [0.1, 0.15) is 66.2 Å². The first-order chi connectivity index (χ1) is 22.6. The largest absolute Gasteiger partial charge is 0.483 e. The smallest absolute Gasteiger partial charge is 0.306 e. The first-order valence-electron chi connectivity index (χ1n) is 15.6. The molecule has 2 atom stereocenters. The van der Waals surface area contributed by atoms with Gasteiger partial charge in [-0.25, -0.2) is 0 Å². The second-order valence-electron chi connectivity index (χ2n) is 10.9. The van der Waals surface area contributed by atoms with Gasteiger partial charge in [0.05, 0.1) is 43.5 Å². The molecule has 47 heavy (non-hydrogen) atoms. The van der Waals surface area contributed by atoms with Crippen molar-refractivity contribution in [2.24, 2.45) is 5.92 Å². The summed E-state index contributed by atoms with van der Waals surface area (Å²) in [4.78, 5) is 85.3. The molecule has 1 saturated heterocycles. The molecule has 1 aromatic carbocycles. The van der Waals surface area contributed by atoms with E-state index in [9.17, 15) is 33.6 Å². The minimum Gasteiger partial charge on any atom is -0.483 e. The van der Waals surface area contributed by atoms with Gasteiger partial charge in [-0.15, -0.1) is 0 Å². The molecule has 0 aromatic heterocycles. The number of piperidine rings is 1. The number of carboxylic acids is 1. The second kappa shape index (κ2) is 19.3. The van der Waals surface area contributed by atoms with Crippen LogP contribution in [0.3, 0.4) is 0 Å². The lowest BCUT2D eigenvalue weighted by atomic mass is 10.0. The van der Waals surface area contributed by atoms with Crippen LogP contribution in [0.15, 0.2) is 18.2 Å². The Balaban J connectivity index is 1.18. The van der Waals surface area contributed by atoms with E-state index >= 15 is 0 Å². The number of nitrogens with one attached hydrogen (secondary N) is 3. The number of nitrogens with zero attached hydrogens (tertiary/aromatic N) is 1. The van der Waals surface area contributed by atoms with Gasteiger partial charge in [0.1, 0.15) is 11.8 Å². The quantitative estimate of drug-likeness (QED) is 0.0956. The van der Waals surface area contributed by atoms with Gasteiger partial charge < -0.3 is 34.7 Å². The zero-order chi connectivity index (χ0) is 34.2. The molecule has 2 heterocycles. The van der Waals surface area contributed by atoms with Crippen LogP contribution in [0.25, 0.3) is 0 Å². The van der Waals surface area contributed by atoms with Crippen LogP contribution in [-0.2, 0) is 38.2 Å². The second-order valence-corrected chi connectivity index (χ2v) is 10.9. The topological polar surface area (TPSA) is 216 Å². The molecule has 0 spiro atoms. The van der Waals surface area contributed by atoms with Crippen molar-refractivity contribution < 1.29 is 57.6 Å². The van der Waals surface area contributed by atoms with Crippen LogP contribution in [-0.4, -0.2) is 117 Å². The molecule has 0 saturated carbocycles. The Morgan fingerprint density at radius 1 is 0.915 bits per heavy atom. The molecule has 258 valence electrons. The van der Waals surface area contributed by atoms with Crippen LogP contribution >= 0.6 is 0 Å². The van der Waals surface area contributed by atoms with E-state index in [1.165, 1.54) is 18.2 Å². The maximum atomic E-state index is 13.1. The molecule has 0 aliphatic carbocycles. The van der Waals surface area contributed by atoms with Crippen molar-refractivity contribution in [3.8, 4) is 5.75 Å². The Morgan fingerprint density at radius 3 is 2.15 bits per heavy atom. The minimum atomic E-state index is -1.10. The molecule has 3 rings (SSSR count). The third-order valence-electron chi connectivity index (χ3n) is 7.33. The number of rotatable bonds is 22. The monoisotopic (exact) mass is 662 g/mol. The maximum absolute atomic E-state index is 13.1. The Kier molecular flexibility index (Phi) is 15.2. The lowest BCUT2D eigenvalue weighted by Gasteiger charge is -2.27. The molecule has 4 N–H and O–H groups in total. The lowest BCUT2D eigenvalue weighted by Crippen LogP contribution is -2.54. The van der Waals surface area contributed by atoms with Gasteiger partial charge in [0, 0.05) is 39.1 Å². The highest BCUT2D eigenvalue weighted by Crippen LogP contribution is 2.33. The van der Waals surface area contributed by atoms with Crippen molar-refractivity contribution in [2.45, 2.75) is 51.5 Å². The van der Waals surface area contributed by atoms with Crippen molar-refractivity contribution in [1.29, 1.82) is 0 Å². The maximum Gasteiger partial charge on any atom is 0.306 e. The normalized spacial score (nSPS) is 16.4. The molecule has 0 radical (unpaired) electrons. The van der Waals surface area contributed by atoms with Crippen LogP contribution in [0, 0.1) is 5.92 Å². The number of aliphatic carboxylic acids is 1. The highest BCUT2D eigenvalue weighted by Gasteiger charge is 2.46. The standard InChI is InChI=1S/C31H42N4O12/c1-20(31(42)43)7-9-24(36)32-11-3-13-44-15-17-46-18-16-45-14-4-12-33-26(38)19-47-23-6-2-5-21-27(23)30(41)35(29(21)40)22-8-10-25(37)34-28(22)39/h2,5-6,20,22H,3-4,7-19H2,1H3,(H,32,36)(H,33,38)(H,42,43)(H,34,37,39). The predicted octanol–water partition coefficient (Wildman–Crippen LogP) is 0.0299. The Hall–Kier alpha value is -4.41. The summed E-state index contributed by atoms with van der Waals surface area (Å²) in [5, 5.41) is 16.4. The van der Waals surface area contributed by atoms with Gasteiger partial charge in [0.25, 0.3) is 17.7 Å². The number of imide groups is 2. The van der Waals surface area contributed by atoms with Gasteiger partial charge in [-0.2, -0.15) is 0 Å². The number of carbonyl (C=O) groups excluding carboxylic acids is 6. The van der Waals surface area contributed by atoms with Crippen LogP contribution in [0.2, 0.25) is 0 Å². The number of hydrogen-bond acceptors (Lipinski definition) is 11. The summed E-state index contributed by atoms with van der Waals surface area (Å²) in [6.07, 6.45) is 1.69. The average Bonchev–Trinajstić information content (AvgIpc) is 3.30. The number of benzene rings is 1. The molecular weight excluding hydrogens is 620 g/mol. The van der Waals surface area contributed by atoms with Gasteiger partial charge >= 0.3 is 5.97 Å². The zero-order valence-electron chi connectivity index (χ0n) is 26.4. The Labute approximate surface area is 271 Å². The minimum absolute atomic E-state index is 0.00901. The van der Waals surface area contributed by atoms with E-state index in [1.54, 1.807) is 6.92 Å². The summed E-state index contributed by atoms with van der Waals surface area (Å²) in [6, 6.07) is 3.32. The molecular formula is C31H42N4O12. The highest BCUT2D eigenvalue weighted by atomic mass is 16.5. The summed E-state index contributed by atoms with van der Waals surface area (Å²) in [6.45, 7) is 4.32. The Morgan fingerprint density at radius 2 is 1.53 bits per heavy atom. The molecule has 6 amide bonds. The fraction of sp³-hybridized carbons (Fsp3) is 0.581. The molecule has 0 bridgehead atoms. The SMILES string of the molecule is CC(CCC(=O)NCCCOCCOCCOCCCNC(=O)COc1cccc2c1C(=O)N(C1CCC(=O)NC1=O)C2=O)C(=O)O. The van der Waals surface area contributed by atoms with E-state index in [-0.39, 0.29) is 42.0 Å². The van der Waals surface area contributed by atoms with E-state index < -0.39 is 54.1 Å². The van der Waals surface area contributed by atoms with E-state index in [2.05, 4.69) is 16.0 Å². The first-order valence-corrected chi connectivity index (χ1v) is 15.6. The van der Waals surface area contributed by atoms with Crippen LogP contribution in [0.5, 0.6) is 5.75 Å². The fourth-order valence-electron chi connectivity index (χ4n) is 4.70. The summed E-state index contributed by atoms with van der Waals surface area (Å²) < 4.78 is 21.9. The van der Waals surface area contributed by atoms with Gasteiger partial charge in [-0.1, -0.05) is 13.0 Å². The molecule has 1 aromatic rings. The van der Waals surface area contributed by atoms with Crippen LogP contribution < -0.4 is 20.7 Å². The highest BCUT2D eigenvalue weighted by molar-refractivity contribution is 6.24.